The standard InChI is InChI=1S/C14H19N5O3S/c1-17-5-4-15-14(17)13(20)12-8-10-9-18(6-7-19(10)16-12)23(21,22)11-2-3-11/h4-5,8,11,13,20H,2-3,6-7,9H2,1H3/t13-/m0/s1. The average molecular weight is 337 g/mol. The van der Waals surface area contributed by atoms with Crippen molar-refractivity contribution in [3.63, 3.8) is 0 Å². The minimum Gasteiger partial charge on any atom is -0.379 e. The van der Waals surface area contributed by atoms with E-state index in [9.17, 15) is 13.5 Å². The number of aromatic nitrogens is 4. The molecule has 1 aliphatic carbocycles. The zero-order valence-corrected chi connectivity index (χ0v) is 13.6. The molecule has 0 aromatic carbocycles. The molecule has 0 spiro atoms. The summed E-state index contributed by atoms with van der Waals surface area (Å²) in [6.45, 7) is 1.26. The normalized spacial score (nSPS) is 20.4. The Labute approximate surface area is 134 Å². The largest absolute Gasteiger partial charge is 0.379 e. The number of hydrogen-bond acceptors (Lipinski definition) is 5. The molecule has 1 saturated carbocycles. The van der Waals surface area contributed by atoms with Gasteiger partial charge in [-0.1, -0.05) is 0 Å². The first-order valence-corrected chi connectivity index (χ1v) is 9.18. The molecule has 0 saturated heterocycles. The summed E-state index contributed by atoms with van der Waals surface area (Å²) in [5.41, 5.74) is 1.31. The van der Waals surface area contributed by atoms with Crippen LogP contribution in [0.4, 0.5) is 0 Å². The second kappa shape index (κ2) is 5.15. The van der Waals surface area contributed by atoms with Gasteiger partial charge < -0.3 is 9.67 Å². The molecular weight excluding hydrogens is 318 g/mol. The number of sulfonamides is 1. The molecule has 8 nitrogen and oxygen atoms in total. The molecule has 23 heavy (non-hydrogen) atoms. The number of rotatable bonds is 4. The Hall–Kier alpha value is -1.71. The van der Waals surface area contributed by atoms with Crippen molar-refractivity contribution >= 4 is 10.0 Å². The molecule has 9 heteroatoms. The fourth-order valence-electron chi connectivity index (χ4n) is 2.97. The van der Waals surface area contributed by atoms with Gasteiger partial charge >= 0.3 is 0 Å². The topological polar surface area (TPSA) is 93.2 Å². The Morgan fingerprint density at radius 1 is 1.35 bits per heavy atom. The second-order valence-electron chi connectivity index (χ2n) is 6.16. The predicted octanol–water partition coefficient (Wildman–Crippen LogP) is 0.00610. The number of aryl methyl sites for hydroxylation is 1. The van der Waals surface area contributed by atoms with Crippen LogP contribution in [0.1, 0.15) is 36.2 Å². The fraction of sp³-hybridized carbons (Fsp3) is 0.571. The van der Waals surface area contributed by atoms with Crippen LogP contribution < -0.4 is 0 Å². The van der Waals surface area contributed by atoms with E-state index in [0.717, 1.165) is 18.5 Å². The third-order valence-corrected chi connectivity index (χ3v) is 6.82. The van der Waals surface area contributed by atoms with Crippen LogP contribution in [0.3, 0.4) is 0 Å². The third kappa shape index (κ3) is 2.48. The van der Waals surface area contributed by atoms with E-state index in [2.05, 4.69) is 10.1 Å². The van der Waals surface area contributed by atoms with Gasteiger partial charge in [0.05, 0.1) is 29.7 Å². The summed E-state index contributed by atoms with van der Waals surface area (Å²) in [6.07, 6.45) is 4.00. The lowest BCUT2D eigenvalue weighted by atomic mass is 10.2. The molecule has 0 bridgehead atoms. The van der Waals surface area contributed by atoms with E-state index >= 15 is 0 Å². The van der Waals surface area contributed by atoms with Crippen LogP contribution in [-0.2, 0) is 30.2 Å². The highest BCUT2D eigenvalue weighted by atomic mass is 32.2. The van der Waals surface area contributed by atoms with Crippen molar-refractivity contribution in [2.75, 3.05) is 6.54 Å². The molecule has 1 aliphatic heterocycles. The minimum atomic E-state index is -3.18. The van der Waals surface area contributed by atoms with Gasteiger partial charge in [-0.2, -0.15) is 9.40 Å². The van der Waals surface area contributed by atoms with Crippen molar-refractivity contribution in [1.29, 1.82) is 0 Å². The summed E-state index contributed by atoms with van der Waals surface area (Å²) in [7, 11) is -1.37. The number of fused-ring (bicyclic) bond motifs is 1. The lowest BCUT2D eigenvalue weighted by molar-refractivity contribution is 0.200. The molecule has 124 valence electrons. The number of aliphatic hydroxyl groups excluding tert-OH is 1. The van der Waals surface area contributed by atoms with Crippen LogP contribution in [0.2, 0.25) is 0 Å². The lowest BCUT2D eigenvalue weighted by Gasteiger charge is -2.26. The van der Waals surface area contributed by atoms with Crippen LogP contribution >= 0.6 is 0 Å². The molecule has 2 aromatic heterocycles. The van der Waals surface area contributed by atoms with Gasteiger partial charge in [0.1, 0.15) is 5.82 Å². The van der Waals surface area contributed by atoms with E-state index in [1.54, 1.807) is 32.0 Å². The summed E-state index contributed by atoms with van der Waals surface area (Å²) < 4.78 is 29.8. The molecule has 1 N–H and O–H groups in total. The Kier molecular flexibility index (Phi) is 3.33. The van der Waals surface area contributed by atoms with E-state index in [-0.39, 0.29) is 5.25 Å². The van der Waals surface area contributed by atoms with E-state index in [0.29, 0.717) is 31.2 Å². The summed E-state index contributed by atoms with van der Waals surface area (Å²) in [5, 5.41) is 14.7. The zero-order valence-electron chi connectivity index (χ0n) is 12.8. The zero-order chi connectivity index (χ0) is 16.2. The maximum absolute atomic E-state index is 12.4. The van der Waals surface area contributed by atoms with Crippen LogP contribution in [0.25, 0.3) is 0 Å². The minimum absolute atomic E-state index is 0.199. The molecule has 3 heterocycles. The highest BCUT2D eigenvalue weighted by Crippen LogP contribution is 2.33. The maximum Gasteiger partial charge on any atom is 0.217 e. The Balaban J connectivity index is 1.59. The number of hydrogen-bond donors (Lipinski definition) is 1. The van der Waals surface area contributed by atoms with Crippen LogP contribution in [0.15, 0.2) is 18.5 Å². The van der Waals surface area contributed by atoms with E-state index in [1.807, 2.05) is 7.05 Å². The molecule has 0 unspecified atom stereocenters. The highest BCUT2D eigenvalue weighted by Gasteiger charge is 2.41. The van der Waals surface area contributed by atoms with Gasteiger partial charge in [-0.3, -0.25) is 4.68 Å². The molecule has 0 radical (unpaired) electrons. The van der Waals surface area contributed by atoms with Crippen molar-refractivity contribution < 1.29 is 13.5 Å². The van der Waals surface area contributed by atoms with Crippen LogP contribution in [0.5, 0.6) is 0 Å². The number of imidazole rings is 1. The van der Waals surface area contributed by atoms with Gasteiger partial charge in [0.15, 0.2) is 6.10 Å². The summed E-state index contributed by atoms with van der Waals surface area (Å²) >= 11 is 0. The molecule has 1 atom stereocenters. The molecule has 2 aromatic rings. The summed E-state index contributed by atoms with van der Waals surface area (Å²) in [5.74, 6) is 0.517. The molecule has 1 fully saturated rings. The Morgan fingerprint density at radius 3 is 2.78 bits per heavy atom. The van der Waals surface area contributed by atoms with E-state index in [1.165, 1.54) is 0 Å². The third-order valence-electron chi connectivity index (χ3n) is 4.47. The summed E-state index contributed by atoms with van der Waals surface area (Å²) in [4.78, 5) is 4.14. The van der Waals surface area contributed by atoms with Crippen molar-refractivity contribution in [3.05, 3.63) is 35.7 Å². The fourth-order valence-corrected chi connectivity index (χ4v) is 4.77. The highest BCUT2D eigenvalue weighted by molar-refractivity contribution is 7.90. The Bertz CT molecular complexity index is 836. The van der Waals surface area contributed by atoms with Crippen LogP contribution in [-0.4, -0.2) is 49.0 Å². The smallest absolute Gasteiger partial charge is 0.217 e. The molecule has 4 rings (SSSR count). The summed E-state index contributed by atoms with van der Waals surface area (Å²) in [6, 6.07) is 1.77. The monoisotopic (exact) mass is 337 g/mol. The van der Waals surface area contributed by atoms with Crippen molar-refractivity contribution in [2.45, 2.75) is 37.3 Å². The van der Waals surface area contributed by atoms with Gasteiger partial charge in [-0.25, -0.2) is 13.4 Å². The first kappa shape index (κ1) is 14.9. The number of aliphatic hydroxyl groups is 1. The van der Waals surface area contributed by atoms with Gasteiger partial charge in [0, 0.05) is 26.0 Å². The average Bonchev–Trinajstić information content (AvgIpc) is 3.17. The van der Waals surface area contributed by atoms with Gasteiger partial charge in [0.25, 0.3) is 0 Å². The predicted molar refractivity (Wildman–Crippen MR) is 81.8 cm³/mol. The Morgan fingerprint density at radius 2 is 2.13 bits per heavy atom. The molecular formula is C14H19N5O3S. The van der Waals surface area contributed by atoms with Crippen molar-refractivity contribution in [2.24, 2.45) is 7.05 Å². The van der Waals surface area contributed by atoms with Crippen molar-refractivity contribution in [1.82, 2.24) is 23.6 Å². The van der Waals surface area contributed by atoms with E-state index < -0.39 is 16.1 Å². The molecule has 0 amide bonds. The van der Waals surface area contributed by atoms with Gasteiger partial charge in [-0.15, -0.1) is 0 Å². The van der Waals surface area contributed by atoms with Gasteiger partial charge in [-0.05, 0) is 18.9 Å². The first-order chi connectivity index (χ1) is 11.0. The molecule has 2 aliphatic rings. The second-order valence-corrected chi connectivity index (χ2v) is 8.37. The van der Waals surface area contributed by atoms with Crippen LogP contribution in [0, 0.1) is 0 Å². The van der Waals surface area contributed by atoms with Gasteiger partial charge in [0.2, 0.25) is 10.0 Å². The SMILES string of the molecule is Cn1ccnc1[C@@H](O)c1cc2n(n1)CCN(S(=O)(=O)C1CC1)C2. The number of nitrogens with zero attached hydrogens (tertiary/aromatic N) is 5. The quantitative estimate of drug-likeness (QED) is 0.848. The van der Waals surface area contributed by atoms with Crippen molar-refractivity contribution in [3.8, 4) is 0 Å². The first-order valence-electron chi connectivity index (χ1n) is 7.67. The lowest BCUT2D eigenvalue weighted by Crippen LogP contribution is -2.40. The van der Waals surface area contributed by atoms with E-state index in [4.69, 9.17) is 0 Å². The maximum atomic E-state index is 12.4.